The van der Waals surface area contributed by atoms with E-state index in [1.54, 1.807) is 6.33 Å². The molecular weight excluding hydrogens is 162 g/mol. The number of hydrogen-bond donors (Lipinski definition) is 1. The molecule has 0 saturated heterocycles. The first-order chi connectivity index (χ1) is 6.45. The Balaban J connectivity index is 1.61. The van der Waals surface area contributed by atoms with Gasteiger partial charge >= 0.3 is 0 Å². The molecule has 1 saturated carbocycles. The number of hydrogen-bond acceptors (Lipinski definition) is 3. The molecule has 1 aromatic rings. The van der Waals surface area contributed by atoms with E-state index in [-0.39, 0.29) is 0 Å². The first kappa shape index (κ1) is 8.63. The molecule has 0 unspecified atom stereocenters. The highest BCUT2D eigenvalue weighted by atomic mass is 14.9. The summed E-state index contributed by atoms with van der Waals surface area (Å²) in [6, 6.07) is 0. The van der Waals surface area contributed by atoms with Crippen molar-refractivity contribution in [2.24, 2.45) is 5.92 Å². The maximum atomic E-state index is 3.96. The molecule has 0 bridgehead atoms. The molecule has 0 spiro atoms. The van der Waals surface area contributed by atoms with Gasteiger partial charge in [0.05, 0.1) is 0 Å². The van der Waals surface area contributed by atoms with E-state index in [4.69, 9.17) is 0 Å². The highest BCUT2D eigenvalue weighted by molar-refractivity contribution is 5.01. The molecule has 2 rings (SSSR count). The van der Waals surface area contributed by atoms with Gasteiger partial charge in [0, 0.05) is 24.5 Å². The quantitative estimate of drug-likeness (QED) is 0.690. The van der Waals surface area contributed by atoms with Gasteiger partial charge in [0.1, 0.15) is 6.33 Å². The van der Waals surface area contributed by atoms with Crippen LogP contribution in [0.5, 0.6) is 0 Å². The summed E-state index contributed by atoms with van der Waals surface area (Å²) in [6.07, 6.45) is 9.49. The molecule has 1 N–H and O–H groups in total. The molecule has 1 aromatic heterocycles. The Morgan fingerprint density at radius 1 is 1.31 bits per heavy atom. The zero-order valence-corrected chi connectivity index (χ0v) is 7.74. The molecular formula is C10H15N3. The lowest BCUT2D eigenvalue weighted by atomic mass is 10.3. The molecule has 0 atom stereocenters. The molecule has 1 aliphatic rings. The third-order valence-corrected chi connectivity index (χ3v) is 2.37. The van der Waals surface area contributed by atoms with Gasteiger partial charge in [-0.05, 0) is 18.9 Å². The van der Waals surface area contributed by atoms with E-state index in [9.17, 15) is 0 Å². The predicted molar refractivity (Wildman–Crippen MR) is 51.1 cm³/mol. The van der Waals surface area contributed by atoms with E-state index in [0.29, 0.717) is 0 Å². The third kappa shape index (κ3) is 3.11. The van der Waals surface area contributed by atoms with Crippen LogP contribution >= 0.6 is 0 Å². The largest absolute Gasteiger partial charge is 0.313 e. The second-order valence-corrected chi connectivity index (χ2v) is 3.66. The van der Waals surface area contributed by atoms with Crippen molar-refractivity contribution in [2.45, 2.75) is 25.8 Å². The van der Waals surface area contributed by atoms with Crippen molar-refractivity contribution >= 4 is 0 Å². The van der Waals surface area contributed by atoms with Crippen LogP contribution in [0.15, 0.2) is 18.7 Å². The highest BCUT2D eigenvalue weighted by Crippen LogP contribution is 2.31. The summed E-state index contributed by atoms with van der Waals surface area (Å²) in [4.78, 5) is 7.92. The van der Waals surface area contributed by atoms with Crippen LogP contribution in [-0.4, -0.2) is 16.5 Å². The molecule has 0 radical (unpaired) electrons. The van der Waals surface area contributed by atoms with E-state index in [1.165, 1.54) is 24.8 Å². The van der Waals surface area contributed by atoms with Crippen LogP contribution in [0, 0.1) is 5.92 Å². The van der Waals surface area contributed by atoms with Crippen LogP contribution in [-0.2, 0) is 6.54 Å². The smallest absolute Gasteiger partial charge is 0.115 e. The highest BCUT2D eigenvalue weighted by Gasteiger charge is 2.19. The van der Waals surface area contributed by atoms with E-state index < -0.39 is 0 Å². The molecule has 70 valence electrons. The van der Waals surface area contributed by atoms with Crippen molar-refractivity contribution < 1.29 is 0 Å². The van der Waals surface area contributed by atoms with Crippen molar-refractivity contribution in [3.05, 3.63) is 24.3 Å². The number of aromatic nitrogens is 2. The fraction of sp³-hybridized carbons (Fsp3) is 0.600. The summed E-state index contributed by atoms with van der Waals surface area (Å²) in [5.74, 6) is 1.01. The van der Waals surface area contributed by atoms with Gasteiger partial charge in [-0.2, -0.15) is 0 Å². The predicted octanol–water partition coefficient (Wildman–Crippen LogP) is 1.37. The summed E-state index contributed by atoms with van der Waals surface area (Å²) in [5.41, 5.74) is 1.17. The topological polar surface area (TPSA) is 37.8 Å². The van der Waals surface area contributed by atoms with Crippen LogP contribution in [0.1, 0.15) is 24.8 Å². The first-order valence-electron chi connectivity index (χ1n) is 4.90. The molecule has 13 heavy (non-hydrogen) atoms. The minimum absolute atomic E-state index is 0.896. The number of rotatable bonds is 5. The van der Waals surface area contributed by atoms with Crippen LogP contribution in [0.25, 0.3) is 0 Å². The van der Waals surface area contributed by atoms with Gasteiger partial charge in [-0.3, -0.25) is 0 Å². The van der Waals surface area contributed by atoms with Crippen molar-refractivity contribution in [1.29, 1.82) is 0 Å². The van der Waals surface area contributed by atoms with Gasteiger partial charge in [-0.1, -0.05) is 12.8 Å². The molecule has 1 fully saturated rings. The van der Waals surface area contributed by atoms with Crippen LogP contribution in [0.3, 0.4) is 0 Å². The van der Waals surface area contributed by atoms with Gasteiger partial charge in [-0.25, -0.2) is 9.97 Å². The van der Waals surface area contributed by atoms with Crippen molar-refractivity contribution in [3.8, 4) is 0 Å². The molecule has 0 amide bonds. The minimum atomic E-state index is 0.896. The Labute approximate surface area is 78.6 Å². The van der Waals surface area contributed by atoms with Gasteiger partial charge < -0.3 is 5.32 Å². The normalized spacial score (nSPS) is 16.0. The Bertz CT molecular complexity index is 244. The summed E-state index contributed by atoms with van der Waals surface area (Å²) >= 11 is 0. The van der Waals surface area contributed by atoms with Crippen LogP contribution in [0.4, 0.5) is 0 Å². The number of nitrogens with zero attached hydrogens (tertiary/aromatic N) is 2. The summed E-state index contributed by atoms with van der Waals surface area (Å²) in [5, 5.41) is 3.39. The van der Waals surface area contributed by atoms with Gasteiger partial charge in [0.15, 0.2) is 0 Å². The third-order valence-electron chi connectivity index (χ3n) is 2.37. The molecule has 3 nitrogen and oxygen atoms in total. The fourth-order valence-electron chi connectivity index (χ4n) is 1.37. The summed E-state index contributed by atoms with van der Waals surface area (Å²) in [6.45, 7) is 2.02. The molecule has 1 aliphatic carbocycles. The lowest BCUT2D eigenvalue weighted by Crippen LogP contribution is -2.15. The average molecular weight is 177 g/mol. The molecule has 3 heteroatoms. The zero-order chi connectivity index (χ0) is 8.93. The number of nitrogens with one attached hydrogen (secondary N) is 1. The second-order valence-electron chi connectivity index (χ2n) is 3.66. The van der Waals surface area contributed by atoms with E-state index in [1.807, 2.05) is 12.4 Å². The standard InChI is InChI=1S/C10H15N3/c1-2-9(1)3-4-11-5-10-6-12-8-13-7-10/h6-9,11H,1-5H2. The van der Waals surface area contributed by atoms with Crippen LogP contribution in [0.2, 0.25) is 0 Å². The van der Waals surface area contributed by atoms with Gasteiger partial charge in [-0.15, -0.1) is 0 Å². The summed E-state index contributed by atoms with van der Waals surface area (Å²) in [7, 11) is 0. The lowest BCUT2D eigenvalue weighted by Gasteiger charge is -2.02. The summed E-state index contributed by atoms with van der Waals surface area (Å²) < 4.78 is 0. The van der Waals surface area contributed by atoms with Crippen molar-refractivity contribution in [2.75, 3.05) is 6.54 Å². The lowest BCUT2D eigenvalue weighted by molar-refractivity contribution is 0.611. The Morgan fingerprint density at radius 2 is 2.08 bits per heavy atom. The maximum absolute atomic E-state index is 3.96. The zero-order valence-electron chi connectivity index (χ0n) is 7.74. The molecule has 1 heterocycles. The van der Waals surface area contributed by atoms with Crippen LogP contribution < -0.4 is 5.32 Å². The Morgan fingerprint density at radius 3 is 2.77 bits per heavy atom. The molecule has 0 aromatic carbocycles. The van der Waals surface area contributed by atoms with Crippen molar-refractivity contribution in [3.63, 3.8) is 0 Å². The van der Waals surface area contributed by atoms with E-state index in [2.05, 4.69) is 15.3 Å². The Hall–Kier alpha value is -0.960. The maximum Gasteiger partial charge on any atom is 0.115 e. The first-order valence-corrected chi connectivity index (χ1v) is 4.90. The van der Waals surface area contributed by atoms with Crippen molar-refractivity contribution in [1.82, 2.24) is 15.3 Å². The fourth-order valence-corrected chi connectivity index (χ4v) is 1.37. The minimum Gasteiger partial charge on any atom is -0.313 e. The van der Waals surface area contributed by atoms with Gasteiger partial charge in [0.2, 0.25) is 0 Å². The Kier molecular flexibility index (Phi) is 2.87. The SMILES string of the molecule is c1ncc(CNCCC2CC2)cn1. The second kappa shape index (κ2) is 4.33. The average Bonchev–Trinajstić information content (AvgIpc) is 2.98. The monoisotopic (exact) mass is 177 g/mol. The van der Waals surface area contributed by atoms with Gasteiger partial charge in [0.25, 0.3) is 0 Å². The molecule has 0 aliphatic heterocycles. The van der Waals surface area contributed by atoms with E-state index in [0.717, 1.165) is 19.0 Å². The van der Waals surface area contributed by atoms with E-state index >= 15 is 0 Å².